The second-order valence-corrected chi connectivity index (χ2v) is 8.81. The molecular weight excluding hydrogens is 423 g/mol. The fourth-order valence-electron chi connectivity index (χ4n) is 2.63. The van der Waals surface area contributed by atoms with Gasteiger partial charge in [-0.1, -0.05) is 35.3 Å². The molecule has 0 radical (unpaired) electrons. The second-order valence-electron chi connectivity index (χ2n) is 6.03. The fraction of sp³-hybridized carbons (Fsp3) is 0.211. The lowest BCUT2D eigenvalue weighted by Crippen LogP contribution is -2.40. The van der Waals surface area contributed by atoms with Crippen LogP contribution in [0.15, 0.2) is 53.4 Å². The molecular formula is C19H18Cl2N2O4S. The molecule has 0 spiro atoms. The molecule has 9 heteroatoms. The summed E-state index contributed by atoms with van der Waals surface area (Å²) in [5, 5.41) is 3.48. The highest BCUT2D eigenvalue weighted by atomic mass is 35.5. The van der Waals surface area contributed by atoms with Crippen molar-refractivity contribution in [1.29, 1.82) is 0 Å². The molecule has 1 N–H and O–H groups in total. The maximum Gasteiger partial charge on any atom is 0.248 e. The lowest BCUT2D eigenvalue weighted by Gasteiger charge is -2.26. The molecule has 2 aromatic rings. The van der Waals surface area contributed by atoms with Gasteiger partial charge in [0.05, 0.1) is 28.8 Å². The van der Waals surface area contributed by atoms with Gasteiger partial charge in [0, 0.05) is 24.2 Å². The number of hydrogen-bond donors (Lipinski definition) is 1. The Morgan fingerprint density at radius 3 is 2.43 bits per heavy atom. The largest absolute Gasteiger partial charge is 0.379 e. The van der Waals surface area contributed by atoms with Gasteiger partial charge < -0.3 is 10.1 Å². The summed E-state index contributed by atoms with van der Waals surface area (Å²) < 4.78 is 31.8. The highest BCUT2D eigenvalue weighted by Crippen LogP contribution is 2.25. The van der Waals surface area contributed by atoms with Crippen LogP contribution < -0.4 is 5.32 Å². The zero-order valence-corrected chi connectivity index (χ0v) is 17.1. The molecule has 0 saturated carbocycles. The lowest BCUT2D eigenvalue weighted by molar-refractivity contribution is -0.111. The molecule has 1 saturated heterocycles. The van der Waals surface area contributed by atoms with Crippen molar-refractivity contribution < 1.29 is 17.9 Å². The Hall–Kier alpha value is -1.90. The summed E-state index contributed by atoms with van der Waals surface area (Å²) in [5.74, 6) is -0.380. The summed E-state index contributed by atoms with van der Waals surface area (Å²) in [5.41, 5.74) is 1.10. The van der Waals surface area contributed by atoms with Crippen LogP contribution in [0.4, 0.5) is 5.69 Å². The van der Waals surface area contributed by atoms with Crippen LogP contribution >= 0.6 is 23.2 Å². The molecule has 148 valence electrons. The van der Waals surface area contributed by atoms with Crippen LogP contribution in [0, 0.1) is 0 Å². The van der Waals surface area contributed by atoms with Gasteiger partial charge in [-0.05, 0) is 42.0 Å². The summed E-state index contributed by atoms with van der Waals surface area (Å²) in [4.78, 5) is 12.3. The zero-order valence-electron chi connectivity index (χ0n) is 14.8. The van der Waals surface area contributed by atoms with Crippen LogP contribution in [0.25, 0.3) is 6.08 Å². The number of rotatable bonds is 5. The smallest absolute Gasteiger partial charge is 0.248 e. The van der Waals surface area contributed by atoms with E-state index in [4.69, 9.17) is 27.9 Å². The van der Waals surface area contributed by atoms with Crippen molar-refractivity contribution in [3.63, 3.8) is 0 Å². The number of sulfonamides is 1. The molecule has 3 rings (SSSR count). The third-order valence-corrected chi connectivity index (χ3v) is 6.58. The van der Waals surface area contributed by atoms with E-state index in [2.05, 4.69) is 5.32 Å². The van der Waals surface area contributed by atoms with E-state index in [1.165, 1.54) is 22.5 Å². The molecule has 28 heavy (non-hydrogen) atoms. The van der Waals surface area contributed by atoms with Gasteiger partial charge in [-0.3, -0.25) is 4.79 Å². The van der Waals surface area contributed by atoms with Gasteiger partial charge in [0.25, 0.3) is 0 Å². The minimum absolute atomic E-state index is 0.210. The number of hydrogen-bond acceptors (Lipinski definition) is 4. The van der Waals surface area contributed by atoms with Crippen molar-refractivity contribution >= 4 is 50.9 Å². The first-order chi connectivity index (χ1) is 13.4. The first-order valence-electron chi connectivity index (χ1n) is 8.48. The molecule has 1 fully saturated rings. The molecule has 1 heterocycles. The first-order valence-corrected chi connectivity index (χ1v) is 10.7. The monoisotopic (exact) mass is 440 g/mol. The van der Waals surface area contributed by atoms with Gasteiger partial charge in [0.1, 0.15) is 0 Å². The van der Waals surface area contributed by atoms with E-state index in [0.717, 1.165) is 0 Å². The number of carbonyl (C=O) groups excluding carboxylic acids is 1. The Labute approximate surface area is 173 Å². The Morgan fingerprint density at radius 1 is 1.07 bits per heavy atom. The summed E-state index contributed by atoms with van der Waals surface area (Å²) in [6, 6.07) is 11.1. The topological polar surface area (TPSA) is 75.7 Å². The number of halogens is 2. The minimum Gasteiger partial charge on any atom is -0.379 e. The van der Waals surface area contributed by atoms with Gasteiger partial charge in [0.15, 0.2) is 0 Å². The molecule has 6 nitrogen and oxygen atoms in total. The van der Waals surface area contributed by atoms with Crippen LogP contribution in [0.1, 0.15) is 5.56 Å². The fourth-order valence-corrected chi connectivity index (χ4v) is 4.37. The van der Waals surface area contributed by atoms with E-state index in [-0.39, 0.29) is 10.8 Å². The maximum atomic E-state index is 12.6. The number of amides is 1. The molecule has 2 aromatic carbocycles. The highest BCUT2D eigenvalue weighted by Gasteiger charge is 2.25. The Kier molecular flexibility index (Phi) is 6.74. The van der Waals surface area contributed by atoms with Gasteiger partial charge >= 0.3 is 0 Å². The molecule has 0 aliphatic carbocycles. The van der Waals surface area contributed by atoms with Crippen LogP contribution in [-0.2, 0) is 19.6 Å². The zero-order chi connectivity index (χ0) is 20.1. The Morgan fingerprint density at radius 2 is 1.75 bits per heavy atom. The minimum atomic E-state index is -3.54. The third kappa shape index (κ3) is 5.12. The number of anilines is 1. The predicted octanol–water partition coefficient (Wildman–Crippen LogP) is 3.67. The van der Waals surface area contributed by atoms with Crippen molar-refractivity contribution in [2.75, 3.05) is 31.6 Å². The summed E-state index contributed by atoms with van der Waals surface area (Å²) in [6.45, 7) is 1.48. The number of ether oxygens (including phenoxy) is 1. The van der Waals surface area contributed by atoms with Crippen molar-refractivity contribution in [3.8, 4) is 0 Å². The maximum absolute atomic E-state index is 12.6. The number of carbonyl (C=O) groups is 1. The third-order valence-electron chi connectivity index (χ3n) is 4.10. The summed E-state index contributed by atoms with van der Waals surface area (Å²) in [7, 11) is -3.54. The van der Waals surface area contributed by atoms with E-state index >= 15 is 0 Å². The highest BCUT2D eigenvalue weighted by molar-refractivity contribution is 7.89. The van der Waals surface area contributed by atoms with Crippen molar-refractivity contribution in [3.05, 3.63) is 64.1 Å². The Balaban J connectivity index is 1.66. The van der Waals surface area contributed by atoms with Crippen molar-refractivity contribution in [2.45, 2.75) is 4.90 Å². The van der Waals surface area contributed by atoms with Crippen LogP contribution in [0.2, 0.25) is 10.0 Å². The lowest BCUT2D eigenvalue weighted by atomic mass is 10.2. The van der Waals surface area contributed by atoms with Crippen LogP contribution in [0.5, 0.6) is 0 Å². The standard InChI is InChI=1S/C19H18Cl2N2O4S/c20-15-4-7-17(21)18(13-15)22-19(24)8-3-14-1-5-16(6-2-14)28(25,26)23-9-11-27-12-10-23/h1-8,13H,9-12H2,(H,22,24)/b8-3+. The summed E-state index contributed by atoms with van der Waals surface area (Å²) in [6.07, 6.45) is 2.92. The van der Waals surface area contributed by atoms with E-state index in [0.29, 0.717) is 47.6 Å². The molecule has 0 bridgehead atoms. The average Bonchev–Trinajstić information content (AvgIpc) is 2.70. The van der Waals surface area contributed by atoms with Crippen LogP contribution in [0.3, 0.4) is 0 Å². The predicted molar refractivity (Wildman–Crippen MR) is 110 cm³/mol. The molecule has 1 aliphatic heterocycles. The van der Waals surface area contributed by atoms with Gasteiger partial charge in [0.2, 0.25) is 15.9 Å². The first kappa shape index (κ1) is 20.8. The number of nitrogens with one attached hydrogen (secondary N) is 1. The number of benzene rings is 2. The van der Waals surface area contributed by atoms with E-state index in [9.17, 15) is 13.2 Å². The van der Waals surface area contributed by atoms with Gasteiger partial charge in [-0.2, -0.15) is 4.31 Å². The average molecular weight is 441 g/mol. The van der Waals surface area contributed by atoms with Crippen molar-refractivity contribution in [2.24, 2.45) is 0 Å². The van der Waals surface area contributed by atoms with Gasteiger partial charge in [-0.15, -0.1) is 0 Å². The van der Waals surface area contributed by atoms with E-state index in [1.807, 2.05) is 0 Å². The quantitative estimate of drug-likeness (QED) is 0.719. The van der Waals surface area contributed by atoms with E-state index < -0.39 is 10.0 Å². The molecule has 0 atom stereocenters. The SMILES string of the molecule is O=C(/C=C/c1ccc(S(=O)(=O)N2CCOCC2)cc1)Nc1cc(Cl)ccc1Cl. The number of nitrogens with zero attached hydrogens (tertiary/aromatic N) is 1. The molecule has 0 aromatic heterocycles. The van der Waals surface area contributed by atoms with Gasteiger partial charge in [-0.25, -0.2) is 8.42 Å². The molecule has 0 unspecified atom stereocenters. The molecule has 1 amide bonds. The van der Waals surface area contributed by atoms with E-state index in [1.54, 1.807) is 36.4 Å². The number of morpholine rings is 1. The van der Waals surface area contributed by atoms with Crippen molar-refractivity contribution in [1.82, 2.24) is 4.31 Å². The molecule has 1 aliphatic rings. The van der Waals surface area contributed by atoms with Crippen LogP contribution in [-0.4, -0.2) is 44.9 Å². The normalized spacial score (nSPS) is 15.6. The summed E-state index contributed by atoms with van der Waals surface area (Å²) >= 11 is 11.9. The second kappa shape index (κ2) is 9.07. The Bertz CT molecular complexity index is 985.